The molecular weight excluding hydrogens is 577 g/mol. The van der Waals surface area contributed by atoms with Crippen LogP contribution in [0.2, 0.25) is 12.1 Å². The fourth-order valence-corrected chi connectivity index (χ4v) is 9.81. The van der Waals surface area contributed by atoms with Crippen molar-refractivity contribution >= 4 is 29.7 Å². The molecule has 4 amide bonds. The van der Waals surface area contributed by atoms with Gasteiger partial charge in [-0.25, -0.2) is 19.6 Å². The van der Waals surface area contributed by atoms with Crippen LogP contribution in [0.4, 0.5) is 9.59 Å². The third kappa shape index (κ3) is 13.5. The number of hydrogen-bond acceptors (Lipinski definition) is 8. The third-order valence-electron chi connectivity index (χ3n) is 6.21. The van der Waals surface area contributed by atoms with Crippen LogP contribution in [0.3, 0.4) is 0 Å². The minimum Gasteiger partial charge on any atom is -0.374 e. The normalized spacial score (nSPS) is 11.9. The predicted octanol–water partition coefficient (Wildman–Crippen LogP) is 4.41. The number of urea groups is 2. The first-order valence-corrected chi connectivity index (χ1v) is 19.1. The Morgan fingerprint density at radius 2 is 1.14 bits per heavy atom. The van der Waals surface area contributed by atoms with Crippen LogP contribution >= 0.6 is 0 Å². The second-order valence-corrected chi connectivity index (χ2v) is 14.7. The first kappa shape index (κ1) is 38.0. The Morgan fingerprint density at radius 3 is 1.57 bits per heavy atom. The van der Waals surface area contributed by atoms with Crippen molar-refractivity contribution < 1.29 is 36.1 Å². The zero-order valence-corrected chi connectivity index (χ0v) is 28.5. The second kappa shape index (κ2) is 21.6. The summed E-state index contributed by atoms with van der Waals surface area (Å²) in [5.74, 6) is 0. The summed E-state index contributed by atoms with van der Waals surface area (Å²) in [6.07, 6.45) is 1.62. The smallest absolute Gasteiger partial charge is 0.374 e. The van der Waals surface area contributed by atoms with Crippen molar-refractivity contribution in [1.29, 1.82) is 0 Å². The lowest BCUT2D eigenvalue weighted by Gasteiger charge is -2.35. The zero-order chi connectivity index (χ0) is 31.3. The number of hydrazine groups is 1. The molecule has 12 nitrogen and oxygen atoms in total. The van der Waals surface area contributed by atoms with Gasteiger partial charge in [0.05, 0.1) is 0 Å². The Kier molecular flexibility index (Phi) is 19.5. The van der Waals surface area contributed by atoms with Crippen molar-refractivity contribution in [2.24, 2.45) is 5.73 Å². The highest BCUT2D eigenvalue weighted by molar-refractivity contribution is 6.61. The lowest BCUT2D eigenvalue weighted by atomic mass is 10.1. The maximum Gasteiger partial charge on any atom is 0.500 e. The van der Waals surface area contributed by atoms with Crippen LogP contribution in [-0.4, -0.2) is 99.0 Å². The van der Waals surface area contributed by atoms with Crippen molar-refractivity contribution in [2.75, 3.05) is 59.3 Å². The number of nitrogens with zero attached hydrogens (tertiary/aromatic N) is 2. The van der Waals surface area contributed by atoms with Gasteiger partial charge in [-0.3, -0.25) is 0 Å². The number of rotatable bonds is 23. The number of hydrogen-bond donors (Lipinski definition) is 2. The number of nitrogens with two attached hydrogens (primary N) is 1. The number of amides is 4. The van der Waals surface area contributed by atoms with E-state index in [-0.39, 0.29) is 13.1 Å². The van der Waals surface area contributed by atoms with E-state index in [1.54, 1.807) is 0 Å². The molecule has 0 bridgehead atoms. The van der Waals surface area contributed by atoms with Gasteiger partial charge in [0.2, 0.25) is 0 Å². The topological polar surface area (TPSA) is 134 Å². The SMILES string of the molecule is CCO[Si](CCCNC(=O)N(CCc1ccccc1)N(CCC[Si](OCC)(OCC)OCC)C(N)=O)(OCC)OCC. The Morgan fingerprint density at radius 1 is 0.690 bits per heavy atom. The molecular formula is C28H54N4O8Si2. The van der Waals surface area contributed by atoms with Gasteiger partial charge in [0.15, 0.2) is 0 Å². The lowest BCUT2D eigenvalue weighted by molar-refractivity contribution is 0.0454. The van der Waals surface area contributed by atoms with E-state index in [2.05, 4.69) is 5.32 Å². The molecule has 1 aromatic carbocycles. The third-order valence-corrected chi connectivity index (χ3v) is 12.5. The largest absolute Gasteiger partial charge is 0.500 e. The van der Waals surface area contributed by atoms with Gasteiger partial charge in [-0.15, -0.1) is 0 Å². The number of carbonyl (C=O) groups excluding carboxylic acids is 2. The summed E-state index contributed by atoms with van der Waals surface area (Å²) in [6, 6.07) is 9.70. The number of nitrogens with one attached hydrogen (secondary N) is 1. The Bertz CT molecular complexity index is 838. The van der Waals surface area contributed by atoms with Crippen LogP contribution in [0.25, 0.3) is 0 Å². The van der Waals surface area contributed by atoms with Crippen LogP contribution in [0.5, 0.6) is 0 Å². The van der Waals surface area contributed by atoms with Gasteiger partial charge >= 0.3 is 29.7 Å². The second-order valence-electron chi connectivity index (χ2n) is 9.22. The molecule has 0 saturated heterocycles. The molecule has 0 fully saturated rings. The highest BCUT2D eigenvalue weighted by Crippen LogP contribution is 2.20. The average molecular weight is 631 g/mol. The molecule has 0 saturated carbocycles. The van der Waals surface area contributed by atoms with Crippen molar-refractivity contribution in [3.05, 3.63) is 35.9 Å². The molecule has 0 spiro atoms. The summed E-state index contributed by atoms with van der Waals surface area (Å²) in [7, 11) is -5.76. The number of benzene rings is 1. The minimum atomic E-state index is -2.92. The maximum atomic E-state index is 13.5. The summed E-state index contributed by atoms with van der Waals surface area (Å²) in [5.41, 5.74) is 6.86. The summed E-state index contributed by atoms with van der Waals surface area (Å²) in [5, 5.41) is 5.63. The van der Waals surface area contributed by atoms with Crippen molar-refractivity contribution in [3.8, 4) is 0 Å². The maximum absolute atomic E-state index is 13.5. The van der Waals surface area contributed by atoms with E-state index in [0.29, 0.717) is 77.5 Å². The van der Waals surface area contributed by atoms with Crippen molar-refractivity contribution in [2.45, 2.75) is 72.9 Å². The molecule has 0 aliphatic heterocycles. The van der Waals surface area contributed by atoms with Gasteiger partial charge in [-0.05, 0) is 66.4 Å². The van der Waals surface area contributed by atoms with Gasteiger partial charge < -0.3 is 37.6 Å². The zero-order valence-electron chi connectivity index (χ0n) is 26.5. The van der Waals surface area contributed by atoms with E-state index in [1.165, 1.54) is 10.0 Å². The highest BCUT2D eigenvalue weighted by atomic mass is 28.4. The van der Waals surface area contributed by atoms with Gasteiger partial charge in [0, 0.05) is 71.4 Å². The lowest BCUT2D eigenvalue weighted by Crippen LogP contribution is -2.56. The van der Waals surface area contributed by atoms with E-state index < -0.39 is 29.7 Å². The standard InChI is InChI=1S/C28H54N4O8Si2/c1-7-35-41(36-8-2,37-9-3)24-16-21-30-28(34)32(23-20-26-18-14-13-15-19-26)31(27(29)33)22-17-25-42(38-10-4,39-11-5)40-12-6/h13-15,18-19H,7-12,16-17,20-25H2,1-6H3,(H2,29,33)(H,30,34). The number of primary amides is 1. The van der Waals surface area contributed by atoms with Crippen LogP contribution < -0.4 is 11.1 Å². The molecule has 0 aliphatic rings. The first-order chi connectivity index (χ1) is 20.3. The molecule has 14 heteroatoms. The molecule has 0 aromatic heterocycles. The summed E-state index contributed by atoms with van der Waals surface area (Å²) >= 11 is 0. The minimum absolute atomic E-state index is 0.203. The quantitative estimate of drug-likeness (QED) is 0.103. The first-order valence-electron chi connectivity index (χ1n) is 15.3. The molecule has 0 heterocycles. The van der Waals surface area contributed by atoms with Gasteiger partial charge in [0.25, 0.3) is 0 Å². The molecule has 0 unspecified atom stereocenters. The Balaban J connectivity index is 3.01. The van der Waals surface area contributed by atoms with Crippen LogP contribution in [0.1, 0.15) is 59.9 Å². The van der Waals surface area contributed by atoms with Crippen molar-refractivity contribution in [1.82, 2.24) is 15.3 Å². The fraction of sp³-hybridized carbons (Fsp3) is 0.714. The van der Waals surface area contributed by atoms with Crippen LogP contribution in [0.15, 0.2) is 30.3 Å². The highest BCUT2D eigenvalue weighted by Gasteiger charge is 2.41. The van der Waals surface area contributed by atoms with E-state index in [0.717, 1.165) is 5.56 Å². The van der Waals surface area contributed by atoms with E-state index in [9.17, 15) is 9.59 Å². The number of carbonyl (C=O) groups is 2. The summed E-state index contributed by atoms with van der Waals surface area (Å²) in [6.45, 7) is 15.1. The van der Waals surface area contributed by atoms with Crippen LogP contribution in [0, 0.1) is 0 Å². The predicted molar refractivity (Wildman–Crippen MR) is 167 cm³/mol. The molecule has 242 valence electrons. The molecule has 1 aromatic rings. The fourth-order valence-electron chi connectivity index (χ4n) is 4.60. The van der Waals surface area contributed by atoms with Gasteiger partial charge in [-0.1, -0.05) is 30.3 Å². The van der Waals surface area contributed by atoms with E-state index in [1.807, 2.05) is 71.9 Å². The molecule has 0 aliphatic carbocycles. The Hall–Kier alpha value is -2.05. The van der Waals surface area contributed by atoms with E-state index in [4.69, 9.17) is 32.3 Å². The Labute approximate surface area is 254 Å². The van der Waals surface area contributed by atoms with Crippen molar-refractivity contribution in [3.63, 3.8) is 0 Å². The van der Waals surface area contributed by atoms with Gasteiger partial charge in [0.1, 0.15) is 0 Å². The average Bonchev–Trinajstić information content (AvgIpc) is 2.96. The molecule has 1 rings (SSSR count). The van der Waals surface area contributed by atoms with Gasteiger partial charge in [-0.2, -0.15) is 0 Å². The van der Waals surface area contributed by atoms with Crippen LogP contribution in [-0.2, 0) is 33.0 Å². The summed E-state index contributed by atoms with van der Waals surface area (Å²) in [4.78, 5) is 26.2. The molecule has 3 N–H and O–H groups in total. The molecule has 42 heavy (non-hydrogen) atoms. The van der Waals surface area contributed by atoms with E-state index >= 15 is 0 Å². The molecule has 0 atom stereocenters. The monoisotopic (exact) mass is 630 g/mol. The summed E-state index contributed by atoms with van der Waals surface area (Å²) < 4.78 is 35.6. The molecule has 0 radical (unpaired) electrons.